The number of hydrogen-bond acceptors (Lipinski definition) is 4. The standard InChI is InChI=1S/C16H31N5OS/c1-17-16(18-6-5-13-23-2)21-11-9-19(10-12-21)14-15(22)20-7-3-4-8-20/h3-14H2,1-2H3,(H,17,18). The van der Waals surface area contributed by atoms with Gasteiger partial charge in [-0.25, -0.2) is 0 Å². The molecule has 0 bridgehead atoms. The molecule has 7 heteroatoms. The van der Waals surface area contributed by atoms with Crippen LogP contribution < -0.4 is 5.32 Å². The number of likely N-dealkylation sites (tertiary alicyclic amines) is 1. The van der Waals surface area contributed by atoms with E-state index in [4.69, 9.17) is 0 Å². The predicted molar refractivity (Wildman–Crippen MR) is 98.2 cm³/mol. The largest absolute Gasteiger partial charge is 0.356 e. The summed E-state index contributed by atoms with van der Waals surface area (Å²) in [5, 5.41) is 3.44. The monoisotopic (exact) mass is 341 g/mol. The third-order valence-electron chi connectivity index (χ3n) is 4.51. The maximum atomic E-state index is 12.2. The fourth-order valence-corrected chi connectivity index (χ4v) is 3.56. The summed E-state index contributed by atoms with van der Waals surface area (Å²) in [5.41, 5.74) is 0. The van der Waals surface area contributed by atoms with Crippen LogP contribution in [0.3, 0.4) is 0 Å². The van der Waals surface area contributed by atoms with Gasteiger partial charge in [-0.05, 0) is 31.3 Å². The lowest BCUT2D eigenvalue weighted by atomic mass is 10.3. The number of aliphatic imine (C=N–C) groups is 1. The van der Waals surface area contributed by atoms with Crippen LogP contribution in [0.2, 0.25) is 0 Å². The second-order valence-electron chi connectivity index (χ2n) is 6.17. The molecule has 0 unspecified atom stereocenters. The van der Waals surface area contributed by atoms with Crippen molar-refractivity contribution in [2.24, 2.45) is 4.99 Å². The van der Waals surface area contributed by atoms with Gasteiger partial charge < -0.3 is 15.1 Å². The van der Waals surface area contributed by atoms with Gasteiger partial charge in [-0.1, -0.05) is 0 Å². The number of nitrogens with zero attached hydrogens (tertiary/aromatic N) is 4. The van der Waals surface area contributed by atoms with Gasteiger partial charge in [0.05, 0.1) is 6.54 Å². The van der Waals surface area contributed by atoms with Crippen molar-refractivity contribution < 1.29 is 4.79 Å². The van der Waals surface area contributed by atoms with E-state index in [9.17, 15) is 4.79 Å². The summed E-state index contributed by atoms with van der Waals surface area (Å²) in [4.78, 5) is 23.2. The van der Waals surface area contributed by atoms with Gasteiger partial charge in [-0.3, -0.25) is 14.7 Å². The Hall–Kier alpha value is -0.950. The van der Waals surface area contributed by atoms with Gasteiger partial charge in [0.1, 0.15) is 0 Å². The number of piperazine rings is 1. The molecule has 0 aliphatic carbocycles. The van der Waals surface area contributed by atoms with Crippen molar-refractivity contribution in [3.63, 3.8) is 0 Å². The van der Waals surface area contributed by atoms with Crippen molar-refractivity contribution in [1.29, 1.82) is 0 Å². The van der Waals surface area contributed by atoms with E-state index in [1.807, 2.05) is 23.7 Å². The van der Waals surface area contributed by atoms with Crippen LogP contribution in [-0.4, -0.2) is 98.0 Å². The molecule has 0 saturated carbocycles. The van der Waals surface area contributed by atoms with Crippen molar-refractivity contribution in [1.82, 2.24) is 20.0 Å². The maximum Gasteiger partial charge on any atom is 0.236 e. The van der Waals surface area contributed by atoms with Crippen LogP contribution >= 0.6 is 11.8 Å². The Morgan fingerprint density at radius 1 is 1.09 bits per heavy atom. The molecule has 132 valence electrons. The molecule has 2 aliphatic heterocycles. The van der Waals surface area contributed by atoms with E-state index in [-0.39, 0.29) is 0 Å². The lowest BCUT2D eigenvalue weighted by molar-refractivity contribution is -0.131. The van der Waals surface area contributed by atoms with Gasteiger partial charge >= 0.3 is 0 Å². The Bertz CT molecular complexity index is 390. The number of nitrogens with one attached hydrogen (secondary N) is 1. The van der Waals surface area contributed by atoms with E-state index >= 15 is 0 Å². The molecule has 0 radical (unpaired) electrons. The van der Waals surface area contributed by atoms with Crippen LogP contribution in [-0.2, 0) is 4.79 Å². The highest BCUT2D eigenvalue weighted by Gasteiger charge is 2.24. The molecule has 2 aliphatic rings. The summed E-state index contributed by atoms with van der Waals surface area (Å²) in [7, 11) is 1.85. The smallest absolute Gasteiger partial charge is 0.236 e. The molecule has 0 spiro atoms. The van der Waals surface area contributed by atoms with Crippen LogP contribution in [0.1, 0.15) is 19.3 Å². The van der Waals surface area contributed by atoms with E-state index in [1.54, 1.807) is 0 Å². The number of hydrogen-bond donors (Lipinski definition) is 1. The third-order valence-corrected chi connectivity index (χ3v) is 5.21. The van der Waals surface area contributed by atoms with Crippen molar-refractivity contribution in [2.75, 3.05) is 71.4 Å². The van der Waals surface area contributed by atoms with Crippen LogP contribution in [0.15, 0.2) is 4.99 Å². The molecule has 0 atom stereocenters. The first-order chi connectivity index (χ1) is 11.2. The Kier molecular flexibility index (Phi) is 8.02. The first-order valence-electron chi connectivity index (χ1n) is 8.69. The van der Waals surface area contributed by atoms with Gasteiger partial charge in [0.25, 0.3) is 0 Å². The zero-order chi connectivity index (χ0) is 16.5. The van der Waals surface area contributed by atoms with Gasteiger partial charge in [-0.2, -0.15) is 11.8 Å². The molecular weight excluding hydrogens is 310 g/mol. The van der Waals surface area contributed by atoms with E-state index in [0.29, 0.717) is 12.5 Å². The molecule has 2 rings (SSSR count). The minimum absolute atomic E-state index is 0.301. The summed E-state index contributed by atoms with van der Waals surface area (Å²) < 4.78 is 0. The summed E-state index contributed by atoms with van der Waals surface area (Å²) in [6, 6.07) is 0. The van der Waals surface area contributed by atoms with Crippen LogP contribution in [0.25, 0.3) is 0 Å². The highest BCUT2D eigenvalue weighted by Crippen LogP contribution is 2.09. The molecule has 0 aromatic carbocycles. The quantitative estimate of drug-likeness (QED) is 0.434. The molecule has 1 amide bonds. The fraction of sp³-hybridized carbons (Fsp3) is 0.875. The van der Waals surface area contributed by atoms with Gasteiger partial charge in [0.15, 0.2) is 5.96 Å². The Balaban J connectivity index is 1.68. The molecule has 2 saturated heterocycles. The average molecular weight is 342 g/mol. The number of carbonyl (C=O) groups is 1. The molecule has 2 heterocycles. The summed E-state index contributed by atoms with van der Waals surface area (Å²) in [5.74, 6) is 2.48. The summed E-state index contributed by atoms with van der Waals surface area (Å²) in [6.45, 7) is 7.20. The first-order valence-corrected chi connectivity index (χ1v) is 10.1. The molecule has 0 aromatic rings. The minimum atomic E-state index is 0.301. The van der Waals surface area contributed by atoms with Crippen molar-refractivity contribution in [3.8, 4) is 0 Å². The van der Waals surface area contributed by atoms with Crippen LogP contribution in [0.4, 0.5) is 0 Å². The Morgan fingerprint density at radius 2 is 1.78 bits per heavy atom. The van der Waals surface area contributed by atoms with Gasteiger partial charge in [-0.15, -0.1) is 0 Å². The normalized spacial score (nSPS) is 20.2. The molecule has 2 fully saturated rings. The molecule has 1 N–H and O–H groups in total. The summed E-state index contributed by atoms with van der Waals surface area (Å²) in [6.07, 6.45) is 5.62. The molecular formula is C16H31N5OS. The summed E-state index contributed by atoms with van der Waals surface area (Å²) >= 11 is 1.88. The number of amides is 1. The molecule has 0 aromatic heterocycles. The first kappa shape index (κ1) is 18.4. The van der Waals surface area contributed by atoms with E-state index in [2.05, 4.69) is 26.4 Å². The van der Waals surface area contributed by atoms with Crippen molar-refractivity contribution in [3.05, 3.63) is 0 Å². The number of thioether (sulfide) groups is 1. The van der Waals surface area contributed by atoms with Crippen molar-refractivity contribution in [2.45, 2.75) is 19.3 Å². The average Bonchev–Trinajstić information content (AvgIpc) is 3.11. The fourth-order valence-electron chi connectivity index (χ4n) is 3.12. The number of rotatable bonds is 6. The van der Waals surface area contributed by atoms with E-state index < -0.39 is 0 Å². The molecule has 6 nitrogen and oxygen atoms in total. The zero-order valence-electron chi connectivity index (χ0n) is 14.6. The highest BCUT2D eigenvalue weighted by atomic mass is 32.2. The zero-order valence-corrected chi connectivity index (χ0v) is 15.4. The van der Waals surface area contributed by atoms with Crippen LogP contribution in [0.5, 0.6) is 0 Å². The maximum absolute atomic E-state index is 12.2. The number of guanidine groups is 1. The minimum Gasteiger partial charge on any atom is -0.356 e. The van der Waals surface area contributed by atoms with Crippen LogP contribution in [0, 0.1) is 0 Å². The third kappa shape index (κ3) is 5.88. The Morgan fingerprint density at radius 3 is 2.39 bits per heavy atom. The SMILES string of the molecule is CN=C(NCCCSC)N1CCN(CC(=O)N2CCCC2)CC1. The highest BCUT2D eigenvalue weighted by molar-refractivity contribution is 7.98. The second-order valence-corrected chi connectivity index (χ2v) is 7.16. The van der Waals surface area contributed by atoms with Crippen molar-refractivity contribution >= 4 is 23.6 Å². The van der Waals surface area contributed by atoms with E-state index in [0.717, 1.165) is 71.0 Å². The molecule has 23 heavy (non-hydrogen) atoms. The lowest BCUT2D eigenvalue weighted by Gasteiger charge is -2.36. The second kappa shape index (κ2) is 10.0. The predicted octanol–water partition coefficient (Wildman–Crippen LogP) is 0.555. The van der Waals surface area contributed by atoms with Gasteiger partial charge in [0, 0.05) is 52.9 Å². The Labute approximate surface area is 144 Å². The van der Waals surface area contributed by atoms with Gasteiger partial charge in [0.2, 0.25) is 5.91 Å². The lowest BCUT2D eigenvalue weighted by Crippen LogP contribution is -2.54. The topological polar surface area (TPSA) is 51.2 Å². The van der Waals surface area contributed by atoms with E-state index in [1.165, 1.54) is 5.75 Å². The number of carbonyl (C=O) groups excluding carboxylic acids is 1.